The predicted octanol–water partition coefficient (Wildman–Crippen LogP) is 5.51. The quantitative estimate of drug-likeness (QED) is 0.238. The van der Waals surface area contributed by atoms with Crippen LogP contribution in [0.3, 0.4) is 0 Å². The van der Waals surface area contributed by atoms with Crippen molar-refractivity contribution < 1.29 is 18.7 Å². The number of hydrogen-bond acceptors (Lipinski definition) is 6. The Bertz CT molecular complexity index is 931. The number of rotatable bonds is 8. The van der Waals surface area contributed by atoms with E-state index >= 15 is 0 Å². The van der Waals surface area contributed by atoms with Crippen molar-refractivity contribution in [2.45, 2.75) is 33.1 Å². The zero-order valence-electron chi connectivity index (χ0n) is 16.5. The first-order valence-electron chi connectivity index (χ1n) is 9.66. The first kappa shape index (κ1) is 21.3. The predicted molar refractivity (Wildman–Crippen MR) is 120 cm³/mol. The normalized spacial score (nSPS) is 15.4. The molecule has 2 heterocycles. The first-order valence-corrected chi connectivity index (χ1v) is 10.9. The largest absolute Gasteiger partial charge is 0.462 e. The standard InChI is InChI=1S/C22H23NO4S2/c1-3-5-6-13-23-20(24)19(29-22(23)28)14-17-11-12-18(27-17)15-7-9-16(10-8-15)21(25)26-4-2/h7-12,14H,3-6,13H2,1-2H3/b19-14-. The molecule has 1 aliphatic heterocycles. The first-order chi connectivity index (χ1) is 14.0. The molecule has 1 aliphatic rings. The van der Waals surface area contributed by atoms with Gasteiger partial charge < -0.3 is 9.15 Å². The van der Waals surface area contributed by atoms with Gasteiger partial charge in [0.1, 0.15) is 15.8 Å². The minimum atomic E-state index is -0.347. The monoisotopic (exact) mass is 429 g/mol. The second kappa shape index (κ2) is 9.89. The highest BCUT2D eigenvalue weighted by Gasteiger charge is 2.31. The number of thiocarbonyl (C=S) groups is 1. The number of carbonyl (C=O) groups is 2. The number of nitrogens with zero attached hydrogens (tertiary/aromatic N) is 1. The summed E-state index contributed by atoms with van der Waals surface area (Å²) in [6.45, 7) is 4.90. The Kier molecular flexibility index (Phi) is 7.28. The van der Waals surface area contributed by atoms with Gasteiger partial charge in [-0.2, -0.15) is 0 Å². The van der Waals surface area contributed by atoms with Crippen molar-refractivity contribution in [1.29, 1.82) is 0 Å². The summed E-state index contributed by atoms with van der Waals surface area (Å²) in [5, 5.41) is 0. The van der Waals surface area contributed by atoms with Crippen LogP contribution in [0.5, 0.6) is 0 Å². The van der Waals surface area contributed by atoms with Gasteiger partial charge >= 0.3 is 5.97 Å². The summed E-state index contributed by atoms with van der Waals surface area (Å²) in [6.07, 6.45) is 4.85. The van der Waals surface area contributed by atoms with E-state index in [0.29, 0.717) is 39.5 Å². The molecule has 0 saturated carbocycles. The molecule has 152 valence electrons. The average Bonchev–Trinajstić information content (AvgIpc) is 3.28. The van der Waals surface area contributed by atoms with Crippen molar-refractivity contribution in [2.75, 3.05) is 13.2 Å². The zero-order valence-corrected chi connectivity index (χ0v) is 18.1. The molecule has 29 heavy (non-hydrogen) atoms. The van der Waals surface area contributed by atoms with Gasteiger partial charge in [0.15, 0.2) is 0 Å². The summed E-state index contributed by atoms with van der Waals surface area (Å²) in [7, 11) is 0. The third kappa shape index (κ3) is 5.16. The maximum Gasteiger partial charge on any atom is 0.338 e. The third-order valence-corrected chi connectivity index (χ3v) is 5.82. The van der Waals surface area contributed by atoms with E-state index in [1.165, 1.54) is 11.8 Å². The van der Waals surface area contributed by atoms with Crippen LogP contribution < -0.4 is 0 Å². The third-order valence-electron chi connectivity index (χ3n) is 4.44. The highest BCUT2D eigenvalue weighted by atomic mass is 32.2. The van der Waals surface area contributed by atoms with Crippen LogP contribution in [0.4, 0.5) is 0 Å². The summed E-state index contributed by atoms with van der Waals surface area (Å²) in [5.41, 5.74) is 1.33. The fourth-order valence-electron chi connectivity index (χ4n) is 2.91. The maximum atomic E-state index is 12.6. The fraction of sp³-hybridized carbons (Fsp3) is 0.318. The minimum absolute atomic E-state index is 0.0622. The molecule has 0 radical (unpaired) electrons. The lowest BCUT2D eigenvalue weighted by Crippen LogP contribution is -2.28. The number of benzene rings is 1. The number of esters is 1. The SMILES string of the molecule is CCCCCN1C(=O)/C(=C/c2ccc(-c3ccc(C(=O)OCC)cc3)o2)SC1=S. The topological polar surface area (TPSA) is 59.8 Å². The molecule has 1 aromatic heterocycles. The smallest absolute Gasteiger partial charge is 0.338 e. The lowest BCUT2D eigenvalue weighted by atomic mass is 10.1. The van der Waals surface area contributed by atoms with Crippen LogP contribution in [0.1, 0.15) is 49.2 Å². The van der Waals surface area contributed by atoms with Gasteiger partial charge in [-0.05, 0) is 37.6 Å². The van der Waals surface area contributed by atoms with Crippen LogP contribution in [-0.4, -0.2) is 34.2 Å². The molecule has 3 rings (SSSR count). The molecule has 0 spiro atoms. The van der Waals surface area contributed by atoms with Gasteiger partial charge in [-0.15, -0.1) is 0 Å². The number of unbranched alkanes of at least 4 members (excludes halogenated alkanes) is 2. The molecule has 7 heteroatoms. The molecule has 1 saturated heterocycles. The Morgan fingerprint density at radius 2 is 1.93 bits per heavy atom. The second-order valence-electron chi connectivity index (χ2n) is 6.54. The molecular weight excluding hydrogens is 406 g/mol. The van der Waals surface area contributed by atoms with Crippen LogP contribution in [0.25, 0.3) is 17.4 Å². The van der Waals surface area contributed by atoms with E-state index in [2.05, 4.69) is 6.92 Å². The van der Waals surface area contributed by atoms with Crippen LogP contribution in [-0.2, 0) is 9.53 Å². The Labute approximate surface area is 180 Å². The van der Waals surface area contributed by atoms with Gasteiger partial charge in [0.05, 0.1) is 17.1 Å². The summed E-state index contributed by atoms with van der Waals surface area (Å²) in [6, 6.07) is 10.7. The van der Waals surface area contributed by atoms with Crippen LogP contribution in [0.15, 0.2) is 45.7 Å². The van der Waals surface area contributed by atoms with Gasteiger partial charge in [0, 0.05) is 18.2 Å². The van der Waals surface area contributed by atoms with Gasteiger partial charge in [-0.25, -0.2) is 4.79 Å². The molecule has 5 nitrogen and oxygen atoms in total. The fourth-order valence-corrected chi connectivity index (χ4v) is 4.20. The minimum Gasteiger partial charge on any atom is -0.462 e. The summed E-state index contributed by atoms with van der Waals surface area (Å²) in [5.74, 6) is 0.835. The van der Waals surface area contributed by atoms with Crippen LogP contribution in [0.2, 0.25) is 0 Å². The molecule has 0 N–H and O–H groups in total. The van der Waals surface area contributed by atoms with Crippen molar-refractivity contribution in [3.8, 4) is 11.3 Å². The second-order valence-corrected chi connectivity index (χ2v) is 8.22. The van der Waals surface area contributed by atoms with Crippen molar-refractivity contribution in [3.05, 3.63) is 52.6 Å². The lowest BCUT2D eigenvalue weighted by Gasteiger charge is -2.13. The average molecular weight is 430 g/mol. The van der Waals surface area contributed by atoms with Gasteiger partial charge in [0.2, 0.25) is 0 Å². The molecule has 1 aromatic carbocycles. The number of ether oxygens (including phenoxy) is 1. The number of thioether (sulfide) groups is 1. The number of furan rings is 1. The van der Waals surface area contributed by atoms with E-state index in [1.807, 2.05) is 24.3 Å². The van der Waals surface area contributed by atoms with E-state index in [0.717, 1.165) is 24.8 Å². The maximum absolute atomic E-state index is 12.6. The van der Waals surface area contributed by atoms with E-state index in [-0.39, 0.29) is 11.9 Å². The van der Waals surface area contributed by atoms with Crippen molar-refractivity contribution in [3.63, 3.8) is 0 Å². The Balaban J connectivity index is 1.71. The number of amides is 1. The highest BCUT2D eigenvalue weighted by Crippen LogP contribution is 2.34. The summed E-state index contributed by atoms with van der Waals surface area (Å²) < 4.78 is 11.5. The Morgan fingerprint density at radius 1 is 1.17 bits per heavy atom. The van der Waals surface area contributed by atoms with Crippen molar-refractivity contribution >= 4 is 46.3 Å². The Morgan fingerprint density at radius 3 is 2.62 bits per heavy atom. The highest BCUT2D eigenvalue weighted by molar-refractivity contribution is 8.26. The number of hydrogen-bond donors (Lipinski definition) is 0. The zero-order chi connectivity index (χ0) is 20.8. The molecule has 0 bridgehead atoms. The number of carbonyl (C=O) groups excluding carboxylic acids is 2. The van der Waals surface area contributed by atoms with Crippen molar-refractivity contribution in [2.24, 2.45) is 0 Å². The molecule has 1 amide bonds. The van der Waals surface area contributed by atoms with E-state index in [1.54, 1.807) is 30.0 Å². The molecule has 2 aromatic rings. The van der Waals surface area contributed by atoms with E-state index < -0.39 is 0 Å². The van der Waals surface area contributed by atoms with Crippen molar-refractivity contribution in [1.82, 2.24) is 4.90 Å². The lowest BCUT2D eigenvalue weighted by molar-refractivity contribution is -0.122. The molecule has 0 unspecified atom stereocenters. The molecule has 0 atom stereocenters. The van der Waals surface area contributed by atoms with E-state index in [4.69, 9.17) is 21.4 Å². The summed E-state index contributed by atoms with van der Waals surface area (Å²) in [4.78, 5) is 26.6. The Hall–Kier alpha value is -2.38. The van der Waals surface area contributed by atoms with Gasteiger partial charge in [-0.3, -0.25) is 9.69 Å². The summed E-state index contributed by atoms with van der Waals surface area (Å²) >= 11 is 6.66. The van der Waals surface area contributed by atoms with Gasteiger partial charge in [-0.1, -0.05) is 55.9 Å². The van der Waals surface area contributed by atoms with Crippen LogP contribution in [0, 0.1) is 0 Å². The van der Waals surface area contributed by atoms with E-state index in [9.17, 15) is 9.59 Å². The van der Waals surface area contributed by atoms with Gasteiger partial charge in [0.25, 0.3) is 5.91 Å². The van der Waals surface area contributed by atoms with Crippen LogP contribution >= 0.6 is 24.0 Å². The molecular formula is C22H23NO4S2. The molecule has 1 fully saturated rings. The molecule has 0 aliphatic carbocycles.